The predicted octanol–water partition coefficient (Wildman–Crippen LogP) is 7.30. The standard InChI is InChI=1S/C35H37F3O7S/c1-20-12-26(43-18-22-8-10-46(40,41)11-9-22)13-21(2)34(20)30-16-24(35(36,37)38)15-29-28(30)6-7-31(29)45-25-4-5-27-23(14-33(39)42-3)19-44-32(27)17-25/h4-5,12-13,15-17,22-23,31H,6-11,14,18-19H2,1-3H3/t23-,31-/m1/s1. The number of rotatable bonds is 8. The van der Waals surface area contributed by atoms with Gasteiger partial charge in [0.05, 0.1) is 43.8 Å². The number of hydrogen-bond acceptors (Lipinski definition) is 7. The summed E-state index contributed by atoms with van der Waals surface area (Å²) in [5, 5.41) is 0. The molecule has 11 heteroatoms. The van der Waals surface area contributed by atoms with Crippen LogP contribution < -0.4 is 14.2 Å². The molecule has 3 aromatic rings. The molecule has 1 aliphatic carbocycles. The number of aryl methyl sites for hydroxylation is 2. The van der Waals surface area contributed by atoms with Gasteiger partial charge >= 0.3 is 12.1 Å². The van der Waals surface area contributed by atoms with Crippen LogP contribution in [-0.2, 0) is 32.0 Å². The van der Waals surface area contributed by atoms with Crippen molar-refractivity contribution in [1.82, 2.24) is 0 Å². The molecule has 0 aromatic heterocycles. The minimum absolute atomic E-state index is 0.130. The number of carbonyl (C=O) groups excluding carboxylic acids is 1. The number of esters is 1. The number of carbonyl (C=O) groups is 1. The molecule has 46 heavy (non-hydrogen) atoms. The average Bonchev–Trinajstić information content (AvgIpc) is 3.59. The van der Waals surface area contributed by atoms with Gasteiger partial charge in [-0.15, -0.1) is 0 Å². The van der Waals surface area contributed by atoms with Gasteiger partial charge in [0.1, 0.15) is 33.2 Å². The van der Waals surface area contributed by atoms with Gasteiger partial charge in [0, 0.05) is 17.5 Å². The first-order chi connectivity index (χ1) is 21.8. The molecule has 7 nitrogen and oxygen atoms in total. The van der Waals surface area contributed by atoms with Gasteiger partial charge in [-0.2, -0.15) is 13.2 Å². The fraction of sp³-hybridized carbons (Fsp3) is 0.457. The zero-order valence-corrected chi connectivity index (χ0v) is 26.9. The van der Waals surface area contributed by atoms with Gasteiger partial charge in [-0.05, 0) is 109 Å². The van der Waals surface area contributed by atoms with E-state index in [1.807, 2.05) is 32.0 Å². The first-order valence-electron chi connectivity index (χ1n) is 15.5. The van der Waals surface area contributed by atoms with E-state index >= 15 is 0 Å². The Morgan fingerprint density at radius 2 is 1.67 bits per heavy atom. The summed E-state index contributed by atoms with van der Waals surface area (Å²) in [6, 6.07) is 11.5. The molecule has 3 aromatic carbocycles. The molecule has 246 valence electrons. The van der Waals surface area contributed by atoms with Crippen molar-refractivity contribution in [1.29, 1.82) is 0 Å². The van der Waals surface area contributed by atoms with E-state index in [4.69, 9.17) is 18.9 Å². The van der Waals surface area contributed by atoms with Crippen LogP contribution in [0.5, 0.6) is 17.2 Å². The second-order valence-electron chi connectivity index (χ2n) is 12.6. The molecule has 1 fully saturated rings. The Morgan fingerprint density at radius 1 is 0.957 bits per heavy atom. The van der Waals surface area contributed by atoms with Gasteiger partial charge in [-0.25, -0.2) is 8.42 Å². The number of methoxy groups -OCH3 is 1. The molecule has 0 N–H and O–H groups in total. The number of alkyl halides is 3. The van der Waals surface area contributed by atoms with E-state index in [0.29, 0.717) is 67.3 Å². The summed E-state index contributed by atoms with van der Waals surface area (Å²) in [6.07, 6.45) is -2.74. The topological polar surface area (TPSA) is 88.1 Å². The van der Waals surface area contributed by atoms with E-state index in [0.717, 1.165) is 27.8 Å². The Kier molecular flexibility index (Phi) is 8.73. The van der Waals surface area contributed by atoms with E-state index in [9.17, 15) is 26.4 Å². The molecule has 0 amide bonds. The SMILES string of the molecule is COC(=O)C[C@@H]1COc2cc(O[C@@H]3CCc4c(-c5c(C)cc(OCC6CCS(=O)(=O)CC6)cc5C)cc(C(F)(F)F)cc43)ccc21. The summed E-state index contributed by atoms with van der Waals surface area (Å²) < 4.78 is 89.2. The Bertz CT molecular complexity index is 1730. The summed E-state index contributed by atoms with van der Waals surface area (Å²) >= 11 is 0. The third-order valence-electron chi connectivity index (χ3n) is 9.33. The van der Waals surface area contributed by atoms with E-state index in [1.165, 1.54) is 19.2 Å². The van der Waals surface area contributed by atoms with Gasteiger partial charge in [-0.1, -0.05) is 6.07 Å². The molecular formula is C35H37F3O7S. The second kappa shape index (κ2) is 12.5. The van der Waals surface area contributed by atoms with Gasteiger partial charge in [0.15, 0.2) is 0 Å². The molecule has 1 saturated heterocycles. The Labute approximate surface area is 266 Å². The number of fused-ring (bicyclic) bond motifs is 2. The van der Waals surface area contributed by atoms with Crippen LogP contribution in [0.2, 0.25) is 0 Å². The summed E-state index contributed by atoms with van der Waals surface area (Å²) in [4.78, 5) is 11.8. The lowest BCUT2D eigenvalue weighted by molar-refractivity contribution is -0.141. The van der Waals surface area contributed by atoms with E-state index in [-0.39, 0.29) is 35.7 Å². The van der Waals surface area contributed by atoms with Gasteiger partial charge in [-0.3, -0.25) is 4.79 Å². The third kappa shape index (κ3) is 6.70. The van der Waals surface area contributed by atoms with Crippen molar-refractivity contribution in [2.24, 2.45) is 5.92 Å². The lowest BCUT2D eigenvalue weighted by Gasteiger charge is -2.23. The number of ether oxygens (including phenoxy) is 4. The number of sulfone groups is 1. The van der Waals surface area contributed by atoms with E-state index < -0.39 is 27.7 Å². The zero-order valence-electron chi connectivity index (χ0n) is 26.0. The maximum atomic E-state index is 14.3. The highest BCUT2D eigenvalue weighted by molar-refractivity contribution is 7.91. The minimum atomic E-state index is -4.55. The van der Waals surface area contributed by atoms with Crippen molar-refractivity contribution in [3.8, 4) is 28.4 Å². The molecule has 0 radical (unpaired) electrons. The molecule has 2 atom stereocenters. The highest BCUT2D eigenvalue weighted by Crippen LogP contribution is 2.47. The van der Waals surface area contributed by atoms with Crippen LogP contribution >= 0.6 is 0 Å². The summed E-state index contributed by atoms with van der Waals surface area (Å²) in [5.41, 5.74) is 4.36. The first-order valence-corrected chi connectivity index (χ1v) is 17.3. The zero-order chi connectivity index (χ0) is 32.8. The second-order valence-corrected chi connectivity index (χ2v) is 14.9. The predicted molar refractivity (Wildman–Crippen MR) is 166 cm³/mol. The maximum Gasteiger partial charge on any atom is 0.416 e. The molecule has 0 saturated carbocycles. The van der Waals surface area contributed by atoms with Gasteiger partial charge in [0.2, 0.25) is 0 Å². The van der Waals surface area contributed by atoms with Crippen LogP contribution in [0.1, 0.15) is 71.1 Å². The third-order valence-corrected chi connectivity index (χ3v) is 11.0. The van der Waals surface area contributed by atoms with Crippen LogP contribution in [0, 0.1) is 19.8 Å². The molecular weight excluding hydrogens is 621 g/mol. The van der Waals surface area contributed by atoms with Crippen molar-refractivity contribution in [2.45, 2.75) is 64.1 Å². The average molecular weight is 659 g/mol. The fourth-order valence-electron chi connectivity index (χ4n) is 6.90. The van der Waals surface area contributed by atoms with Crippen molar-refractivity contribution in [3.05, 3.63) is 75.8 Å². The number of halogens is 3. The largest absolute Gasteiger partial charge is 0.493 e. The monoisotopic (exact) mass is 658 g/mol. The quantitative estimate of drug-likeness (QED) is 0.235. The van der Waals surface area contributed by atoms with Crippen LogP contribution in [0.4, 0.5) is 13.2 Å². The molecule has 2 aliphatic heterocycles. The van der Waals surface area contributed by atoms with Gasteiger partial charge in [0.25, 0.3) is 0 Å². The molecule has 3 aliphatic rings. The number of hydrogen-bond donors (Lipinski definition) is 0. The lowest BCUT2D eigenvalue weighted by atomic mass is 9.88. The maximum absolute atomic E-state index is 14.3. The fourth-order valence-corrected chi connectivity index (χ4v) is 8.49. The Hall–Kier alpha value is -3.73. The lowest BCUT2D eigenvalue weighted by Crippen LogP contribution is -2.26. The van der Waals surface area contributed by atoms with Crippen molar-refractivity contribution in [3.63, 3.8) is 0 Å². The van der Waals surface area contributed by atoms with Crippen LogP contribution in [-0.4, -0.2) is 46.2 Å². The van der Waals surface area contributed by atoms with Crippen LogP contribution in [0.25, 0.3) is 11.1 Å². The van der Waals surface area contributed by atoms with E-state index in [1.54, 1.807) is 12.1 Å². The Balaban J connectivity index is 1.26. The van der Waals surface area contributed by atoms with Gasteiger partial charge < -0.3 is 18.9 Å². The van der Waals surface area contributed by atoms with Crippen LogP contribution in [0.15, 0.2) is 42.5 Å². The summed E-state index contributed by atoms with van der Waals surface area (Å²) in [5.74, 6) is 1.72. The van der Waals surface area contributed by atoms with Crippen molar-refractivity contribution < 1.29 is 45.3 Å². The van der Waals surface area contributed by atoms with Crippen molar-refractivity contribution in [2.75, 3.05) is 31.8 Å². The van der Waals surface area contributed by atoms with Crippen molar-refractivity contribution >= 4 is 15.8 Å². The van der Waals surface area contributed by atoms with E-state index in [2.05, 4.69) is 0 Å². The molecule has 6 rings (SSSR count). The Morgan fingerprint density at radius 3 is 2.35 bits per heavy atom. The molecule has 2 heterocycles. The molecule has 0 bridgehead atoms. The van der Waals surface area contributed by atoms with Crippen LogP contribution in [0.3, 0.4) is 0 Å². The highest BCUT2D eigenvalue weighted by Gasteiger charge is 2.37. The summed E-state index contributed by atoms with van der Waals surface area (Å²) in [7, 11) is -1.62. The normalized spacial score (nSPS) is 20.5. The number of benzene rings is 3. The summed E-state index contributed by atoms with van der Waals surface area (Å²) in [6.45, 7) is 4.48. The smallest absolute Gasteiger partial charge is 0.416 e. The highest BCUT2D eigenvalue weighted by atomic mass is 32.2. The molecule has 0 spiro atoms. The minimum Gasteiger partial charge on any atom is -0.493 e. The first kappa shape index (κ1) is 32.2. The molecule has 0 unspecified atom stereocenters.